The number of aromatic nitrogens is 3. The smallest absolute Gasteiger partial charge is 0.164 e. The van der Waals surface area contributed by atoms with Crippen LogP contribution in [-0.2, 0) is 11.2 Å². The summed E-state index contributed by atoms with van der Waals surface area (Å²) in [6.45, 7) is 1.74. The van der Waals surface area contributed by atoms with E-state index in [1.165, 1.54) is 6.42 Å². The average Bonchev–Trinajstić information content (AvgIpc) is 2.82. The van der Waals surface area contributed by atoms with Crippen LogP contribution >= 0.6 is 0 Å². The van der Waals surface area contributed by atoms with Crippen molar-refractivity contribution in [2.75, 3.05) is 20.3 Å². The van der Waals surface area contributed by atoms with E-state index in [4.69, 9.17) is 9.47 Å². The lowest BCUT2D eigenvalue weighted by atomic mass is 9.98. The maximum absolute atomic E-state index is 5.50. The van der Waals surface area contributed by atoms with Crippen molar-refractivity contribution in [3.63, 3.8) is 0 Å². The first-order chi connectivity index (χ1) is 8.86. The zero-order valence-corrected chi connectivity index (χ0v) is 10.5. The molecule has 0 saturated carbocycles. The Morgan fingerprint density at radius 1 is 1.50 bits per heavy atom. The molecule has 1 atom stereocenters. The topological polar surface area (TPSA) is 48.7 Å². The monoisotopic (exact) mass is 247 g/mol. The summed E-state index contributed by atoms with van der Waals surface area (Å²) in [7, 11) is 1.66. The van der Waals surface area contributed by atoms with Crippen LogP contribution in [0.5, 0.6) is 5.75 Å². The Labute approximate surface area is 106 Å². The standard InChI is InChI=1S/C13H17N3O2/c1-17-11-4-5-16-12(14-15-13(16)8-11)7-10-3-2-6-18-9-10/h4-5,8,10H,2-3,6-7,9H2,1H3. The normalized spacial score (nSPS) is 20.2. The van der Waals surface area contributed by atoms with Gasteiger partial charge in [-0.2, -0.15) is 0 Å². The highest BCUT2D eigenvalue weighted by Gasteiger charge is 2.17. The van der Waals surface area contributed by atoms with Gasteiger partial charge < -0.3 is 9.47 Å². The largest absolute Gasteiger partial charge is 0.497 e. The molecule has 5 nitrogen and oxygen atoms in total. The molecule has 18 heavy (non-hydrogen) atoms. The molecule has 5 heteroatoms. The molecule has 2 aromatic heterocycles. The molecule has 1 aliphatic rings. The van der Waals surface area contributed by atoms with Gasteiger partial charge in [0.15, 0.2) is 5.65 Å². The van der Waals surface area contributed by atoms with Gasteiger partial charge in [0.1, 0.15) is 11.6 Å². The second-order valence-electron chi connectivity index (χ2n) is 4.70. The Hall–Kier alpha value is -1.62. The van der Waals surface area contributed by atoms with E-state index in [1.807, 2.05) is 22.7 Å². The molecule has 2 aromatic rings. The molecule has 0 aromatic carbocycles. The van der Waals surface area contributed by atoms with Gasteiger partial charge in [0.05, 0.1) is 7.11 Å². The fourth-order valence-electron chi connectivity index (χ4n) is 2.41. The zero-order chi connectivity index (χ0) is 12.4. The van der Waals surface area contributed by atoms with E-state index in [0.717, 1.165) is 43.3 Å². The summed E-state index contributed by atoms with van der Waals surface area (Å²) in [5, 5.41) is 8.45. The van der Waals surface area contributed by atoms with Crippen molar-refractivity contribution in [1.82, 2.24) is 14.6 Å². The van der Waals surface area contributed by atoms with E-state index < -0.39 is 0 Å². The van der Waals surface area contributed by atoms with Gasteiger partial charge in [-0.05, 0) is 24.8 Å². The van der Waals surface area contributed by atoms with Crippen molar-refractivity contribution in [3.8, 4) is 5.75 Å². The van der Waals surface area contributed by atoms with Crippen molar-refractivity contribution in [3.05, 3.63) is 24.2 Å². The highest BCUT2D eigenvalue weighted by Crippen LogP contribution is 2.19. The number of rotatable bonds is 3. The van der Waals surface area contributed by atoms with Gasteiger partial charge in [-0.15, -0.1) is 10.2 Å². The van der Waals surface area contributed by atoms with Crippen LogP contribution in [0.2, 0.25) is 0 Å². The molecule has 3 heterocycles. The molecule has 1 fully saturated rings. The van der Waals surface area contributed by atoms with Crippen LogP contribution in [0, 0.1) is 5.92 Å². The number of hydrogen-bond acceptors (Lipinski definition) is 4. The first-order valence-electron chi connectivity index (χ1n) is 6.32. The second-order valence-corrected chi connectivity index (χ2v) is 4.70. The molecule has 0 bridgehead atoms. The number of pyridine rings is 1. The van der Waals surface area contributed by atoms with Gasteiger partial charge in [-0.3, -0.25) is 4.40 Å². The van der Waals surface area contributed by atoms with Gasteiger partial charge in [0.2, 0.25) is 0 Å². The van der Waals surface area contributed by atoms with Gasteiger partial charge in [0.25, 0.3) is 0 Å². The summed E-state index contributed by atoms with van der Waals surface area (Å²) >= 11 is 0. The van der Waals surface area contributed by atoms with Crippen molar-refractivity contribution >= 4 is 5.65 Å². The highest BCUT2D eigenvalue weighted by molar-refractivity contribution is 5.44. The molecular weight excluding hydrogens is 230 g/mol. The second kappa shape index (κ2) is 4.94. The van der Waals surface area contributed by atoms with Crippen LogP contribution < -0.4 is 4.74 Å². The fraction of sp³-hybridized carbons (Fsp3) is 0.538. The van der Waals surface area contributed by atoms with Gasteiger partial charge >= 0.3 is 0 Å². The summed E-state index contributed by atoms with van der Waals surface area (Å²) in [6, 6.07) is 3.82. The van der Waals surface area contributed by atoms with Crippen LogP contribution in [0.15, 0.2) is 18.3 Å². The third-order valence-electron chi connectivity index (χ3n) is 3.41. The van der Waals surface area contributed by atoms with Crippen LogP contribution in [0.3, 0.4) is 0 Å². The van der Waals surface area contributed by atoms with Crippen molar-refractivity contribution in [1.29, 1.82) is 0 Å². The van der Waals surface area contributed by atoms with Crippen LogP contribution in [0.25, 0.3) is 5.65 Å². The predicted octanol–water partition coefficient (Wildman–Crippen LogP) is 1.71. The van der Waals surface area contributed by atoms with E-state index in [2.05, 4.69) is 10.2 Å². The van der Waals surface area contributed by atoms with Crippen molar-refractivity contribution < 1.29 is 9.47 Å². The Kier molecular flexibility index (Phi) is 3.15. The lowest BCUT2D eigenvalue weighted by Gasteiger charge is -2.21. The lowest BCUT2D eigenvalue weighted by molar-refractivity contribution is 0.0542. The van der Waals surface area contributed by atoms with E-state index in [1.54, 1.807) is 7.11 Å². The number of fused-ring (bicyclic) bond motifs is 1. The summed E-state index contributed by atoms with van der Waals surface area (Å²) < 4.78 is 12.7. The van der Waals surface area contributed by atoms with Gasteiger partial charge in [0, 0.05) is 31.9 Å². The van der Waals surface area contributed by atoms with E-state index in [-0.39, 0.29) is 0 Å². The maximum Gasteiger partial charge on any atom is 0.164 e. The predicted molar refractivity (Wildman–Crippen MR) is 66.8 cm³/mol. The van der Waals surface area contributed by atoms with Crippen LogP contribution in [-0.4, -0.2) is 34.9 Å². The van der Waals surface area contributed by atoms with Gasteiger partial charge in [-0.25, -0.2) is 0 Å². The van der Waals surface area contributed by atoms with Crippen molar-refractivity contribution in [2.24, 2.45) is 5.92 Å². The molecule has 0 amide bonds. The third-order valence-corrected chi connectivity index (χ3v) is 3.41. The number of nitrogens with zero attached hydrogens (tertiary/aromatic N) is 3. The minimum Gasteiger partial charge on any atom is -0.497 e. The SMILES string of the molecule is COc1ccn2c(CC3CCCOC3)nnc2c1. The molecule has 1 aliphatic heterocycles. The summed E-state index contributed by atoms with van der Waals surface area (Å²) in [5.41, 5.74) is 0.834. The molecule has 0 radical (unpaired) electrons. The molecule has 96 valence electrons. The minimum absolute atomic E-state index is 0.563. The Morgan fingerprint density at radius 2 is 2.44 bits per heavy atom. The Morgan fingerprint density at radius 3 is 3.22 bits per heavy atom. The maximum atomic E-state index is 5.50. The van der Waals surface area contributed by atoms with Crippen molar-refractivity contribution in [2.45, 2.75) is 19.3 Å². The first kappa shape index (κ1) is 11.5. The molecule has 1 unspecified atom stereocenters. The third kappa shape index (κ3) is 2.18. The quantitative estimate of drug-likeness (QED) is 0.828. The Balaban J connectivity index is 1.83. The number of methoxy groups -OCH3 is 1. The highest BCUT2D eigenvalue weighted by atomic mass is 16.5. The summed E-state index contributed by atoms with van der Waals surface area (Å²) in [5.74, 6) is 2.37. The van der Waals surface area contributed by atoms with Crippen LogP contribution in [0.1, 0.15) is 18.7 Å². The molecule has 0 aliphatic carbocycles. The van der Waals surface area contributed by atoms with Crippen LogP contribution in [0.4, 0.5) is 0 Å². The fourth-order valence-corrected chi connectivity index (χ4v) is 2.41. The molecular formula is C13H17N3O2. The number of ether oxygens (including phenoxy) is 2. The Bertz CT molecular complexity index is 532. The molecule has 0 N–H and O–H groups in total. The van der Waals surface area contributed by atoms with E-state index >= 15 is 0 Å². The first-order valence-corrected chi connectivity index (χ1v) is 6.32. The molecule has 3 rings (SSSR count). The van der Waals surface area contributed by atoms with E-state index in [0.29, 0.717) is 5.92 Å². The van der Waals surface area contributed by atoms with E-state index in [9.17, 15) is 0 Å². The molecule has 0 spiro atoms. The summed E-state index contributed by atoms with van der Waals surface area (Å²) in [4.78, 5) is 0. The average molecular weight is 247 g/mol. The lowest BCUT2D eigenvalue weighted by Crippen LogP contribution is -2.20. The van der Waals surface area contributed by atoms with Gasteiger partial charge in [-0.1, -0.05) is 0 Å². The zero-order valence-electron chi connectivity index (χ0n) is 10.5. The minimum atomic E-state index is 0.563. The number of hydrogen-bond donors (Lipinski definition) is 0. The summed E-state index contributed by atoms with van der Waals surface area (Å²) in [6.07, 6.45) is 5.25. The molecule has 1 saturated heterocycles.